The first-order valence-electron chi connectivity index (χ1n) is 15.4. The maximum Gasteiger partial charge on any atom is 0.336 e. The van der Waals surface area contributed by atoms with Gasteiger partial charge in [-0.25, -0.2) is 9.59 Å². The van der Waals surface area contributed by atoms with Crippen LogP contribution < -0.4 is 5.32 Å². The van der Waals surface area contributed by atoms with Crippen molar-refractivity contribution >= 4 is 23.7 Å². The lowest BCUT2D eigenvalue weighted by atomic mass is 9.80. The highest BCUT2D eigenvalue weighted by molar-refractivity contribution is 6.00. The summed E-state index contributed by atoms with van der Waals surface area (Å²) in [5.74, 6) is -2.22. The summed E-state index contributed by atoms with van der Waals surface area (Å²) in [6, 6.07) is 18.2. The van der Waals surface area contributed by atoms with E-state index >= 15 is 0 Å². The smallest absolute Gasteiger partial charge is 0.336 e. The number of nitrogens with one attached hydrogen (secondary N) is 1. The number of nitro benzene ring substituents is 1. The van der Waals surface area contributed by atoms with Crippen LogP contribution in [0.4, 0.5) is 5.69 Å². The minimum absolute atomic E-state index is 0.0363. The first-order chi connectivity index (χ1) is 22.8. The molecule has 0 bridgehead atoms. The summed E-state index contributed by atoms with van der Waals surface area (Å²) in [6.45, 7) is 6.37. The second-order valence-corrected chi connectivity index (χ2v) is 10.7. The Labute approximate surface area is 274 Å². The normalized spacial score (nSPS) is 14.7. The van der Waals surface area contributed by atoms with Gasteiger partial charge in [0.15, 0.2) is 0 Å². The minimum atomic E-state index is -0.921. The second kappa shape index (κ2) is 17.5. The fourth-order valence-corrected chi connectivity index (χ4v) is 5.21. The zero-order valence-corrected chi connectivity index (χ0v) is 26.8. The van der Waals surface area contributed by atoms with Crippen molar-refractivity contribution in [2.24, 2.45) is 0 Å². The molecule has 1 atom stereocenters. The Kier molecular flexibility index (Phi) is 13.0. The molecule has 47 heavy (non-hydrogen) atoms. The van der Waals surface area contributed by atoms with Crippen molar-refractivity contribution in [3.05, 3.63) is 134 Å². The molecule has 1 aromatic heterocycles. The number of carbonyl (C=O) groups excluding carboxylic acids is 2. The fourth-order valence-electron chi connectivity index (χ4n) is 5.21. The number of nitro groups is 1. The number of allylic oxidation sites excluding steroid dienone is 2. The van der Waals surface area contributed by atoms with E-state index < -0.39 is 22.8 Å². The molecule has 1 N–H and O–H groups in total. The first-order valence-corrected chi connectivity index (χ1v) is 15.4. The maximum atomic E-state index is 13.3. The molecule has 2 heterocycles. The molecular weight excluding hydrogens is 602 g/mol. The molecule has 4 rings (SSSR count). The summed E-state index contributed by atoms with van der Waals surface area (Å²) in [6.07, 6.45) is 8.41. The van der Waals surface area contributed by atoms with Crippen LogP contribution in [-0.2, 0) is 35.0 Å². The van der Waals surface area contributed by atoms with Crippen LogP contribution in [-0.4, -0.2) is 61.5 Å². The number of aromatic nitrogens is 1. The Morgan fingerprint density at radius 1 is 0.894 bits per heavy atom. The molecule has 246 valence electrons. The predicted molar refractivity (Wildman–Crippen MR) is 176 cm³/mol. The van der Waals surface area contributed by atoms with E-state index in [2.05, 4.69) is 40.6 Å². The predicted octanol–water partition coefficient (Wildman–Crippen LogP) is 5.67. The lowest BCUT2D eigenvalue weighted by Gasteiger charge is -2.30. The van der Waals surface area contributed by atoms with Gasteiger partial charge in [0, 0.05) is 35.9 Å². The summed E-state index contributed by atoms with van der Waals surface area (Å²) in [5.41, 5.74) is 5.01. The molecule has 0 spiro atoms. The van der Waals surface area contributed by atoms with E-state index in [-0.39, 0.29) is 36.7 Å². The van der Waals surface area contributed by atoms with E-state index in [9.17, 15) is 19.7 Å². The van der Waals surface area contributed by atoms with Crippen LogP contribution in [0, 0.1) is 10.1 Å². The average Bonchev–Trinajstić information content (AvgIpc) is 3.06. The number of carbonyl (C=O) groups is 2. The number of ether oxygens (including phenoxy) is 4. The van der Waals surface area contributed by atoms with E-state index in [0.29, 0.717) is 36.8 Å². The molecule has 0 amide bonds. The Hall–Kier alpha value is -5.13. The quantitative estimate of drug-likeness (QED) is 0.0901. The first kappa shape index (κ1) is 34.7. The zero-order valence-electron chi connectivity index (χ0n) is 26.8. The number of rotatable bonds is 16. The van der Waals surface area contributed by atoms with Gasteiger partial charge in [-0.1, -0.05) is 54.6 Å². The molecule has 11 heteroatoms. The van der Waals surface area contributed by atoms with Crippen LogP contribution in [0.15, 0.2) is 102 Å². The zero-order chi connectivity index (χ0) is 33.6. The van der Waals surface area contributed by atoms with Crippen molar-refractivity contribution in [3.8, 4) is 0 Å². The Morgan fingerprint density at radius 2 is 1.60 bits per heavy atom. The number of dihydropyridines is 1. The highest BCUT2D eigenvalue weighted by atomic mass is 16.6. The van der Waals surface area contributed by atoms with Gasteiger partial charge in [0.05, 0.1) is 55.0 Å². The average molecular weight is 642 g/mol. The number of esters is 2. The van der Waals surface area contributed by atoms with E-state index in [1.54, 1.807) is 33.0 Å². The third-order valence-electron chi connectivity index (χ3n) is 7.36. The van der Waals surface area contributed by atoms with Crippen LogP contribution in [0.3, 0.4) is 0 Å². The molecule has 3 aromatic rings. The van der Waals surface area contributed by atoms with Crippen molar-refractivity contribution in [1.29, 1.82) is 0 Å². The van der Waals surface area contributed by atoms with Gasteiger partial charge >= 0.3 is 11.9 Å². The summed E-state index contributed by atoms with van der Waals surface area (Å²) >= 11 is 0. The number of nitrogens with zero attached hydrogens (tertiary/aromatic N) is 2. The molecule has 1 aliphatic heterocycles. The van der Waals surface area contributed by atoms with Crippen molar-refractivity contribution in [2.75, 3.05) is 39.6 Å². The number of hydrogen-bond acceptors (Lipinski definition) is 10. The third-order valence-corrected chi connectivity index (χ3v) is 7.36. The highest BCUT2D eigenvalue weighted by Crippen LogP contribution is 2.40. The molecule has 1 unspecified atom stereocenters. The van der Waals surface area contributed by atoms with Gasteiger partial charge in [-0.2, -0.15) is 0 Å². The Morgan fingerprint density at radius 3 is 2.28 bits per heavy atom. The van der Waals surface area contributed by atoms with Crippen molar-refractivity contribution in [3.63, 3.8) is 0 Å². The van der Waals surface area contributed by atoms with Crippen molar-refractivity contribution < 1.29 is 33.5 Å². The fraction of sp³-hybridized carbons (Fsp3) is 0.306. The van der Waals surface area contributed by atoms with Crippen LogP contribution in [0.25, 0.3) is 6.08 Å². The number of hydrogen-bond donors (Lipinski definition) is 1. The van der Waals surface area contributed by atoms with Crippen LogP contribution in [0.2, 0.25) is 0 Å². The van der Waals surface area contributed by atoms with E-state index in [0.717, 1.165) is 12.0 Å². The van der Waals surface area contributed by atoms with Gasteiger partial charge in [-0.3, -0.25) is 15.1 Å². The topological polar surface area (TPSA) is 139 Å². The number of non-ortho nitro benzene ring substituents is 1. The molecule has 2 aromatic carbocycles. The van der Waals surface area contributed by atoms with Gasteiger partial charge in [0.2, 0.25) is 0 Å². The molecule has 0 radical (unpaired) electrons. The highest BCUT2D eigenvalue weighted by Gasteiger charge is 2.38. The third kappa shape index (κ3) is 9.93. The number of pyridine rings is 1. The van der Waals surface area contributed by atoms with Crippen molar-refractivity contribution in [1.82, 2.24) is 10.3 Å². The summed E-state index contributed by atoms with van der Waals surface area (Å²) in [5, 5.41) is 14.5. The molecule has 0 aliphatic carbocycles. The summed E-state index contributed by atoms with van der Waals surface area (Å²) in [7, 11) is 0. The van der Waals surface area contributed by atoms with Gasteiger partial charge in [0.1, 0.15) is 6.61 Å². The molecular formula is C36H39N3O8. The molecule has 11 nitrogen and oxygen atoms in total. The minimum Gasteiger partial charge on any atom is -0.463 e. The Bertz CT molecular complexity index is 1630. The number of benzene rings is 2. The van der Waals surface area contributed by atoms with E-state index in [4.69, 9.17) is 18.9 Å². The van der Waals surface area contributed by atoms with Crippen LogP contribution >= 0.6 is 0 Å². The van der Waals surface area contributed by atoms with Gasteiger partial charge in [-0.15, -0.1) is 0 Å². The van der Waals surface area contributed by atoms with Crippen molar-refractivity contribution in [2.45, 2.75) is 33.1 Å². The Balaban J connectivity index is 1.23. The van der Waals surface area contributed by atoms with Crippen LogP contribution in [0.1, 0.15) is 48.9 Å². The van der Waals surface area contributed by atoms with Gasteiger partial charge in [-0.05, 0) is 55.5 Å². The second-order valence-electron chi connectivity index (χ2n) is 10.7. The molecule has 0 saturated carbocycles. The maximum absolute atomic E-state index is 13.3. The standard InChI is InChI=1S/C36H39N3O8/c1-4-46-35(40)32-25(2)38-26(3)33(34(32)30-10-5-11-31(23-30)39(42)43)36(41)47-21-20-45-19-18-44-17-7-9-27-12-14-28(15-13-27)22-29-8-6-16-37-24-29/h5-16,23-24,34,38H,4,17-22H2,1-3H3/b9-7+. The van der Waals surface area contributed by atoms with Gasteiger partial charge < -0.3 is 24.3 Å². The summed E-state index contributed by atoms with van der Waals surface area (Å²) in [4.78, 5) is 41.4. The van der Waals surface area contributed by atoms with Gasteiger partial charge in [0.25, 0.3) is 5.69 Å². The van der Waals surface area contributed by atoms with Crippen LogP contribution in [0.5, 0.6) is 0 Å². The lowest BCUT2D eigenvalue weighted by molar-refractivity contribution is -0.384. The lowest BCUT2D eigenvalue weighted by Crippen LogP contribution is -2.33. The van der Waals surface area contributed by atoms with E-state index in [1.807, 2.05) is 24.4 Å². The largest absolute Gasteiger partial charge is 0.463 e. The SMILES string of the molecule is CCOC(=O)C1=C(C)NC(C)=C(C(=O)OCCOCCOC/C=C/c2ccc(Cc3cccnc3)cc2)C1c1cccc([N+](=O)[O-])c1. The molecule has 0 saturated heterocycles. The summed E-state index contributed by atoms with van der Waals surface area (Å²) < 4.78 is 22.0. The molecule has 0 fully saturated rings. The van der Waals surface area contributed by atoms with E-state index in [1.165, 1.54) is 29.3 Å². The monoisotopic (exact) mass is 641 g/mol. The molecule has 1 aliphatic rings.